The maximum Gasteiger partial charge on any atom is 0.279 e. The van der Waals surface area contributed by atoms with Gasteiger partial charge in [-0.25, -0.2) is 23.7 Å². The van der Waals surface area contributed by atoms with Crippen LogP contribution in [0.3, 0.4) is 0 Å². The number of H-pyrrole nitrogens is 1. The molecule has 0 bridgehead atoms. The Hall–Kier alpha value is -2.41. The number of hydrogen-bond donors (Lipinski definition) is 4. The maximum absolute atomic E-state index is 12.5. The third kappa shape index (κ3) is 5.68. The molecule has 1 aliphatic heterocycles. The SMILES string of the molecule is CC1C(CN[S+](C)[O-])C(C)(O)CCN1c1cc(-c2cnc(/C=C\C(=N)C(F)F)[nH]2)ncn1. The summed E-state index contributed by atoms with van der Waals surface area (Å²) < 4.78 is 39.3. The van der Waals surface area contributed by atoms with Gasteiger partial charge in [-0.1, -0.05) is 0 Å². The molecule has 1 aliphatic rings. The lowest BCUT2D eigenvalue weighted by molar-refractivity contribution is -0.0292. The number of aliphatic hydroxyl groups is 1. The summed E-state index contributed by atoms with van der Waals surface area (Å²) in [5.41, 5.74) is -0.555. The van der Waals surface area contributed by atoms with Gasteiger partial charge in [-0.05, 0) is 32.4 Å². The third-order valence-electron chi connectivity index (χ3n) is 5.71. The van der Waals surface area contributed by atoms with Gasteiger partial charge in [0.05, 0.1) is 28.9 Å². The van der Waals surface area contributed by atoms with Crippen LogP contribution < -0.4 is 9.62 Å². The summed E-state index contributed by atoms with van der Waals surface area (Å²) in [6, 6.07) is 1.71. The highest BCUT2D eigenvalue weighted by Crippen LogP contribution is 2.35. The van der Waals surface area contributed by atoms with Crippen molar-refractivity contribution in [3.8, 4) is 11.4 Å². The van der Waals surface area contributed by atoms with E-state index in [4.69, 9.17) is 5.41 Å². The molecule has 2 aromatic rings. The second-order valence-electron chi connectivity index (χ2n) is 7.98. The first-order valence-corrected chi connectivity index (χ1v) is 11.6. The van der Waals surface area contributed by atoms with Gasteiger partial charge in [0.1, 0.15) is 24.2 Å². The first kappa shape index (κ1) is 24.2. The topological polar surface area (TPSA) is 137 Å². The highest BCUT2D eigenvalue weighted by Gasteiger charge is 2.43. The van der Waals surface area contributed by atoms with Gasteiger partial charge < -0.3 is 19.5 Å². The molecule has 3 rings (SSSR count). The first-order chi connectivity index (χ1) is 15.1. The van der Waals surface area contributed by atoms with Crippen molar-refractivity contribution in [3.63, 3.8) is 0 Å². The number of aromatic amines is 1. The number of rotatable bonds is 8. The standard InChI is InChI=1S/C20H27F2N7O2S/c1-12-13(9-27-32(3)31)20(2,30)6-7-29(12)18-8-15(25-11-26-18)16-10-24-17(28-16)5-4-14(23)19(21)22/h4-5,8,10-13,19,23,27,30H,6-7,9H2,1-3H3,(H,24,28)/b5-4-,23-14?. The molecule has 4 atom stereocenters. The van der Waals surface area contributed by atoms with Gasteiger partial charge in [-0.3, -0.25) is 5.41 Å². The highest BCUT2D eigenvalue weighted by atomic mass is 32.2. The summed E-state index contributed by atoms with van der Waals surface area (Å²) >= 11 is -1.18. The molecule has 4 unspecified atom stereocenters. The summed E-state index contributed by atoms with van der Waals surface area (Å²) in [7, 11) is 0. The Bertz CT molecular complexity index is 967. The Kier molecular flexibility index (Phi) is 7.59. The smallest absolute Gasteiger partial charge is 0.279 e. The number of imidazole rings is 1. The average molecular weight is 468 g/mol. The monoisotopic (exact) mass is 467 g/mol. The quantitative estimate of drug-likeness (QED) is 0.344. The predicted octanol–water partition coefficient (Wildman–Crippen LogP) is 2.01. The zero-order valence-electron chi connectivity index (χ0n) is 18.0. The van der Waals surface area contributed by atoms with Crippen molar-refractivity contribution in [3.05, 3.63) is 30.5 Å². The molecule has 0 aromatic carbocycles. The number of hydrogen-bond acceptors (Lipinski definition) is 8. The number of alkyl halides is 2. The molecule has 1 fully saturated rings. The number of nitrogens with zero attached hydrogens (tertiary/aromatic N) is 4. The lowest BCUT2D eigenvalue weighted by Gasteiger charge is -2.48. The Labute approximate surface area is 188 Å². The van der Waals surface area contributed by atoms with Crippen LogP contribution in [0, 0.1) is 11.3 Å². The maximum atomic E-state index is 12.5. The van der Waals surface area contributed by atoms with Crippen LogP contribution in [0.1, 0.15) is 26.1 Å². The van der Waals surface area contributed by atoms with Crippen molar-refractivity contribution in [2.45, 2.75) is 38.3 Å². The van der Waals surface area contributed by atoms with E-state index in [2.05, 4.69) is 29.6 Å². The van der Waals surface area contributed by atoms with E-state index in [0.29, 0.717) is 42.5 Å². The zero-order chi connectivity index (χ0) is 23.5. The minimum absolute atomic E-state index is 0.0850. The average Bonchev–Trinajstić information content (AvgIpc) is 3.20. The molecule has 32 heavy (non-hydrogen) atoms. The van der Waals surface area contributed by atoms with Crippen molar-refractivity contribution in [1.29, 1.82) is 5.41 Å². The Morgan fingerprint density at radius 2 is 2.25 bits per heavy atom. The molecule has 9 nitrogen and oxygen atoms in total. The number of allylic oxidation sites excluding steroid dienone is 1. The summed E-state index contributed by atoms with van der Waals surface area (Å²) in [4.78, 5) is 17.9. The third-order valence-corrected chi connectivity index (χ3v) is 6.29. The molecule has 0 spiro atoms. The van der Waals surface area contributed by atoms with Gasteiger partial charge in [0.15, 0.2) is 0 Å². The summed E-state index contributed by atoms with van der Waals surface area (Å²) in [5, 5.41) is 18.0. The van der Waals surface area contributed by atoms with Crippen LogP contribution in [0.25, 0.3) is 17.5 Å². The lowest BCUT2D eigenvalue weighted by Crippen LogP contribution is -2.59. The molecule has 3 heterocycles. The van der Waals surface area contributed by atoms with Gasteiger partial charge in [-0.15, -0.1) is 4.72 Å². The van der Waals surface area contributed by atoms with Crippen LogP contribution in [0.4, 0.5) is 14.6 Å². The second kappa shape index (κ2) is 10.0. The number of piperidine rings is 1. The Balaban J connectivity index is 1.79. The number of halogens is 2. The minimum atomic E-state index is -2.84. The number of aromatic nitrogens is 4. The summed E-state index contributed by atoms with van der Waals surface area (Å²) in [6.07, 6.45) is 4.51. The van der Waals surface area contributed by atoms with E-state index >= 15 is 0 Å². The van der Waals surface area contributed by atoms with Crippen LogP contribution in [-0.4, -0.2) is 72.7 Å². The van der Waals surface area contributed by atoms with Gasteiger partial charge in [0.25, 0.3) is 6.43 Å². The molecule has 0 amide bonds. The summed E-state index contributed by atoms with van der Waals surface area (Å²) in [5.74, 6) is 0.825. The fourth-order valence-electron chi connectivity index (χ4n) is 3.84. The number of anilines is 1. The van der Waals surface area contributed by atoms with E-state index in [1.165, 1.54) is 18.6 Å². The van der Waals surface area contributed by atoms with Gasteiger partial charge in [0, 0.05) is 42.5 Å². The van der Waals surface area contributed by atoms with E-state index in [9.17, 15) is 18.4 Å². The van der Waals surface area contributed by atoms with Crippen LogP contribution in [-0.2, 0) is 11.4 Å². The fraction of sp³-hybridized carbons (Fsp3) is 0.500. The minimum Gasteiger partial charge on any atom is -0.598 e. The number of nitrogens with one attached hydrogen (secondary N) is 3. The molecule has 0 saturated carbocycles. The molecular weight excluding hydrogens is 440 g/mol. The highest BCUT2D eigenvalue weighted by molar-refractivity contribution is 7.88. The molecular formula is C20H27F2N7O2S. The molecule has 2 aromatic heterocycles. The van der Waals surface area contributed by atoms with Crippen molar-refractivity contribution in [2.75, 3.05) is 24.2 Å². The van der Waals surface area contributed by atoms with E-state index in [1.807, 2.05) is 6.92 Å². The van der Waals surface area contributed by atoms with Gasteiger partial charge in [0.2, 0.25) is 0 Å². The lowest BCUT2D eigenvalue weighted by atomic mass is 9.77. The van der Waals surface area contributed by atoms with Crippen molar-refractivity contribution < 1.29 is 18.4 Å². The van der Waals surface area contributed by atoms with Crippen LogP contribution in [0.5, 0.6) is 0 Å². The normalized spacial score (nSPS) is 24.9. The van der Waals surface area contributed by atoms with E-state index in [0.717, 1.165) is 6.08 Å². The van der Waals surface area contributed by atoms with Crippen molar-refractivity contribution in [1.82, 2.24) is 24.7 Å². The molecule has 12 heteroatoms. The second-order valence-corrected chi connectivity index (χ2v) is 9.18. The zero-order valence-corrected chi connectivity index (χ0v) is 18.9. The molecule has 4 N–H and O–H groups in total. The fourth-order valence-corrected chi connectivity index (χ4v) is 4.25. The van der Waals surface area contributed by atoms with E-state index in [-0.39, 0.29) is 12.0 Å². The van der Waals surface area contributed by atoms with Crippen LogP contribution in [0.15, 0.2) is 24.7 Å². The Morgan fingerprint density at radius 3 is 2.94 bits per heavy atom. The van der Waals surface area contributed by atoms with Crippen LogP contribution >= 0.6 is 0 Å². The first-order valence-electron chi connectivity index (χ1n) is 10.1. The summed E-state index contributed by atoms with van der Waals surface area (Å²) in [6.45, 7) is 4.78. The van der Waals surface area contributed by atoms with Gasteiger partial charge >= 0.3 is 0 Å². The molecule has 1 saturated heterocycles. The molecule has 0 aliphatic carbocycles. The van der Waals surface area contributed by atoms with E-state index in [1.54, 1.807) is 19.2 Å². The Morgan fingerprint density at radius 1 is 1.50 bits per heavy atom. The predicted molar refractivity (Wildman–Crippen MR) is 120 cm³/mol. The van der Waals surface area contributed by atoms with Crippen molar-refractivity contribution >= 4 is 29.0 Å². The van der Waals surface area contributed by atoms with Crippen molar-refractivity contribution in [2.24, 2.45) is 5.92 Å². The van der Waals surface area contributed by atoms with E-state index < -0.39 is 29.1 Å². The largest absolute Gasteiger partial charge is 0.598 e. The van der Waals surface area contributed by atoms with Crippen LogP contribution in [0.2, 0.25) is 0 Å². The molecule has 174 valence electrons. The molecule has 0 radical (unpaired) electrons. The van der Waals surface area contributed by atoms with Gasteiger partial charge in [-0.2, -0.15) is 0 Å².